The molecule has 2 aromatic carbocycles. The molecule has 0 fully saturated rings. The SMILES string of the molecule is N#Cc1cc(S(=O)(=O)Nc2ccc(F)cn2)ccc1Oc1ccc(F)cc1. The van der Waals surface area contributed by atoms with E-state index in [1.54, 1.807) is 0 Å². The normalized spacial score (nSPS) is 10.9. The number of halogens is 2. The molecule has 0 saturated heterocycles. The Morgan fingerprint density at radius 1 is 1.00 bits per heavy atom. The van der Waals surface area contributed by atoms with Gasteiger partial charge in [-0.2, -0.15) is 5.26 Å². The first kappa shape index (κ1) is 18.3. The van der Waals surface area contributed by atoms with Crippen molar-refractivity contribution in [2.75, 3.05) is 4.72 Å². The highest BCUT2D eigenvalue weighted by molar-refractivity contribution is 7.92. The summed E-state index contributed by atoms with van der Waals surface area (Å²) in [6.45, 7) is 0. The maximum atomic E-state index is 12.9. The van der Waals surface area contributed by atoms with Crippen molar-refractivity contribution in [1.82, 2.24) is 4.98 Å². The number of pyridine rings is 1. The Bertz CT molecular complexity index is 1110. The largest absolute Gasteiger partial charge is 0.456 e. The van der Waals surface area contributed by atoms with Crippen LogP contribution in [0, 0.1) is 23.0 Å². The van der Waals surface area contributed by atoms with Crippen LogP contribution in [0.15, 0.2) is 65.7 Å². The quantitative estimate of drug-likeness (QED) is 0.718. The van der Waals surface area contributed by atoms with Crippen molar-refractivity contribution in [3.05, 3.63) is 78.0 Å². The fourth-order valence-electron chi connectivity index (χ4n) is 2.12. The Morgan fingerprint density at radius 3 is 2.33 bits per heavy atom. The van der Waals surface area contributed by atoms with Gasteiger partial charge in [0.25, 0.3) is 10.0 Å². The predicted octanol–water partition coefficient (Wildman–Crippen LogP) is 3.82. The third kappa shape index (κ3) is 4.37. The Morgan fingerprint density at radius 2 is 1.70 bits per heavy atom. The molecular weight excluding hydrogens is 376 g/mol. The zero-order valence-electron chi connectivity index (χ0n) is 13.6. The minimum atomic E-state index is -4.05. The Labute approximate surface area is 153 Å². The first-order valence-electron chi connectivity index (χ1n) is 7.49. The summed E-state index contributed by atoms with van der Waals surface area (Å²) in [6.07, 6.45) is 0.873. The van der Waals surface area contributed by atoms with Gasteiger partial charge in [0.05, 0.1) is 16.7 Å². The fraction of sp³-hybridized carbons (Fsp3) is 0. The van der Waals surface area contributed by atoms with E-state index < -0.39 is 21.7 Å². The molecule has 0 aliphatic rings. The van der Waals surface area contributed by atoms with Gasteiger partial charge < -0.3 is 4.74 Å². The number of benzene rings is 2. The average Bonchev–Trinajstić information content (AvgIpc) is 2.65. The second kappa shape index (κ2) is 7.39. The van der Waals surface area contributed by atoms with Crippen molar-refractivity contribution < 1.29 is 21.9 Å². The molecule has 9 heteroatoms. The Hall–Kier alpha value is -3.51. The van der Waals surface area contributed by atoms with Gasteiger partial charge >= 0.3 is 0 Å². The number of hydrogen-bond acceptors (Lipinski definition) is 5. The van der Waals surface area contributed by atoms with Gasteiger partial charge in [-0.3, -0.25) is 4.72 Å². The highest BCUT2D eigenvalue weighted by atomic mass is 32.2. The van der Waals surface area contributed by atoms with Gasteiger partial charge in [0, 0.05) is 0 Å². The van der Waals surface area contributed by atoms with E-state index in [4.69, 9.17) is 4.74 Å². The van der Waals surface area contributed by atoms with Gasteiger partial charge in [0.15, 0.2) is 0 Å². The summed E-state index contributed by atoms with van der Waals surface area (Å²) in [5.74, 6) is -0.710. The van der Waals surface area contributed by atoms with Crippen LogP contribution in [0.1, 0.15) is 5.56 Å². The Balaban J connectivity index is 1.87. The number of hydrogen-bond donors (Lipinski definition) is 1. The third-order valence-electron chi connectivity index (χ3n) is 3.39. The lowest BCUT2D eigenvalue weighted by atomic mass is 10.2. The number of anilines is 1. The van der Waals surface area contributed by atoms with Crippen LogP contribution in [0.5, 0.6) is 11.5 Å². The molecule has 1 N–H and O–H groups in total. The second-order valence-electron chi connectivity index (χ2n) is 5.29. The van der Waals surface area contributed by atoms with Gasteiger partial charge in [-0.1, -0.05) is 0 Å². The third-order valence-corrected chi connectivity index (χ3v) is 4.74. The number of aromatic nitrogens is 1. The molecular formula is C18H11F2N3O3S. The standard InChI is InChI=1S/C18H11F2N3O3S/c19-13-1-4-15(5-2-13)26-17-7-6-16(9-12(17)10-21)27(24,25)23-18-8-3-14(20)11-22-18/h1-9,11H,(H,22,23). The van der Waals surface area contributed by atoms with E-state index in [-0.39, 0.29) is 27.8 Å². The van der Waals surface area contributed by atoms with Crippen LogP contribution in [0.2, 0.25) is 0 Å². The zero-order valence-corrected chi connectivity index (χ0v) is 14.4. The van der Waals surface area contributed by atoms with E-state index in [0.717, 1.165) is 18.3 Å². The number of rotatable bonds is 5. The molecule has 27 heavy (non-hydrogen) atoms. The minimum absolute atomic E-state index is 0.0331. The molecule has 0 aliphatic carbocycles. The molecule has 0 amide bonds. The van der Waals surface area contributed by atoms with Crippen LogP contribution in [-0.4, -0.2) is 13.4 Å². The van der Waals surface area contributed by atoms with E-state index in [1.807, 2.05) is 6.07 Å². The van der Waals surface area contributed by atoms with Crippen LogP contribution >= 0.6 is 0 Å². The van der Waals surface area contributed by atoms with Gasteiger partial charge in [0.1, 0.15) is 35.0 Å². The van der Waals surface area contributed by atoms with E-state index in [9.17, 15) is 22.5 Å². The van der Waals surface area contributed by atoms with Gasteiger partial charge in [-0.15, -0.1) is 0 Å². The van der Waals surface area contributed by atoms with Crippen molar-refractivity contribution >= 4 is 15.8 Å². The van der Waals surface area contributed by atoms with Crippen molar-refractivity contribution in [3.8, 4) is 17.6 Å². The summed E-state index contributed by atoms with van der Waals surface area (Å²) >= 11 is 0. The van der Waals surface area contributed by atoms with E-state index in [0.29, 0.717) is 0 Å². The predicted molar refractivity (Wildman–Crippen MR) is 92.6 cm³/mol. The number of sulfonamides is 1. The summed E-state index contributed by atoms with van der Waals surface area (Å²) in [6, 6.07) is 12.9. The number of nitrogens with one attached hydrogen (secondary N) is 1. The van der Waals surface area contributed by atoms with Gasteiger partial charge in [0.2, 0.25) is 0 Å². The van der Waals surface area contributed by atoms with Crippen LogP contribution in [0.25, 0.3) is 0 Å². The molecule has 0 aliphatic heterocycles. The molecule has 0 bridgehead atoms. The number of nitriles is 1. The van der Waals surface area contributed by atoms with Crippen LogP contribution in [-0.2, 0) is 10.0 Å². The molecule has 0 radical (unpaired) electrons. The summed E-state index contributed by atoms with van der Waals surface area (Å²) in [5.41, 5.74) is -0.0331. The molecule has 0 atom stereocenters. The minimum Gasteiger partial charge on any atom is -0.456 e. The molecule has 1 heterocycles. The zero-order chi connectivity index (χ0) is 19.4. The molecule has 6 nitrogen and oxygen atoms in total. The van der Waals surface area contributed by atoms with Crippen molar-refractivity contribution in [2.45, 2.75) is 4.90 Å². The van der Waals surface area contributed by atoms with E-state index in [2.05, 4.69) is 9.71 Å². The van der Waals surface area contributed by atoms with Crippen molar-refractivity contribution in [3.63, 3.8) is 0 Å². The lowest BCUT2D eigenvalue weighted by Crippen LogP contribution is -2.14. The van der Waals surface area contributed by atoms with E-state index >= 15 is 0 Å². The highest BCUT2D eigenvalue weighted by Crippen LogP contribution is 2.28. The number of ether oxygens (including phenoxy) is 1. The van der Waals surface area contributed by atoms with Gasteiger partial charge in [-0.25, -0.2) is 22.2 Å². The molecule has 1 aromatic heterocycles. The van der Waals surface area contributed by atoms with Crippen LogP contribution in [0.3, 0.4) is 0 Å². The maximum absolute atomic E-state index is 12.9. The lowest BCUT2D eigenvalue weighted by molar-refractivity contribution is 0.478. The first-order valence-corrected chi connectivity index (χ1v) is 8.98. The summed E-state index contributed by atoms with van der Waals surface area (Å²) in [5, 5.41) is 9.29. The average molecular weight is 387 g/mol. The monoisotopic (exact) mass is 387 g/mol. The van der Waals surface area contributed by atoms with Crippen molar-refractivity contribution in [1.29, 1.82) is 5.26 Å². The smallest absolute Gasteiger partial charge is 0.263 e. The highest BCUT2D eigenvalue weighted by Gasteiger charge is 2.18. The fourth-order valence-corrected chi connectivity index (χ4v) is 3.15. The maximum Gasteiger partial charge on any atom is 0.263 e. The molecule has 0 spiro atoms. The molecule has 0 saturated carbocycles. The summed E-state index contributed by atoms with van der Waals surface area (Å²) in [4.78, 5) is 3.43. The lowest BCUT2D eigenvalue weighted by Gasteiger charge is -2.11. The van der Waals surface area contributed by atoms with Gasteiger partial charge in [-0.05, 0) is 54.6 Å². The number of nitrogens with zero attached hydrogens (tertiary/aromatic N) is 2. The second-order valence-corrected chi connectivity index (χ2v) is 6.98. The summed E-state index contributed by atoms with van der Waals surface area (Å²) in [7, 11) is -4.05. The van der Waals surface area contributed by atoms with Crippen LogP contribution < -0.4 is 9.46 Å². The Kier molecular flexibility index (Phi) is 5.00. The molecule has 3 aromatic rings. The molecule has 3 rings (SSSR count). The molecule has 136 valence electrons. The first-order chi connectivity index (χ1) is 12.9. The van der Waals surface area contributed by atoms with Crippen LogP contribution in [0.4, 0.5) is 14.6 Å². The molecule has 0 unspecified atom stereocenters. The van der Waals surface area contributed by atoms with E-state index in [1.165, 1.54) is 42.5 Å². The summed E-state index contributed by atoms with van der Waals surface area (Å²) < 4.78 is 58.4. The van der Waals surface area contributed by atoms with Crippen molar-refractivity contribution in [2.24, 2.45) is 0 Å². The topological polar surface area (TPSA) is 92.1 Å².